The van der Waals surface area contributed by atoms with Crippen molar-refractivity contribution in [1.82, 2.24) is 0 Å². The third kappa shape index (κ3) is 4.19. The number of hydrogen-bond acceptors (Lipinski definition) is 0. The van der Waals surface area contributed by atoms with E-state index >= 15 is 0 Å². The van der Waals surface area contributed by atoms with Crippen LogP contribution in [0.25, 0.3) is 0 Å². The van der Waals surface area contributed by atoms with E-state index in [0.29, 0.717) is 0 Å². The van der Waals surface area contributed by atoms with Crippen molar-refractivity contribution in [2.45, 2.75) is 12.6 Å². The first-order chi connectivity index (χ1) is 5.55. The number of hydrogen-bond donors (Lipinski definition) is 0. The number of benzene rings is 1. The van der Waals surface area contributed by atoms with Crippen molar-refractivity contribution in [3.05, 3.63) is 42.3 Å². The van der Waals surface area contributed by atoms with E-state index < -0.39 is 11.7 Å². The van der Waals surface area contributed by atoms with Crippen LogP contribution in [0.3, 0.4) is 0 Å². The summed E-state index contributed by atoms with van der Waals surface area (Å²) in [6, 6.07) is 5.47. The predicted octanol–water partition coefficient (Wildman–Crippen LogP) is -0.295. The van der Waals surface area contributed by atoms with Crippen LogP contribution >= 0.6 is 0 Å². The number of rotatable bonds is 1. The fourth-order valence-electron chi connectivity index (χ4n) is 1.01. The zero-order valence-electron chi connectivity index (χ0n) is 7.44. The van der Waals surface area contributed by atoms with Crippen LogP contribution in [-0.2, 0) is 12.6 Å². The Morgan fingerprint density at radius 3 is 2.00 bits per heavy atom. The molecule has 0 amide bonds. The van der Waals surface area contributed by atoms with Gasteiger partial charge in [-0.25, -0.2) is 0 Å². The third-order valence-corrected chi connectivity index (χ3v) is 1.59. The standard InChI is InChI=1S/C9H8F3.BrH.Mg/c1-2-7-5-3-4-6-8(7)9(10,11)12;;/h3-6H,1-2H2;1H;/q-1;;+2/p-1. The fourth-order valence-corrected chi connectivity index (χ4v) is 1.01. The quantitative estimate of drug-likeness (QED) is 0.489. The molecule has 0 bridgehead atoms. The smallest absolute Gasteiger partial charge is 1.00 e. The van der Waals surface area contributed by atoms with E-state index in [4.69, 9.17) is 0 Å². The van der Waals surface area contributed by atoms with Crippen molar-refractivity contribution in [1.29, 1.82) is 0 Å². The van der Waals surface area contributed by atoms with Gasteiger partial charge in [-0.1, -0.05) is 23.8 Å². The van der Waals surface area contributed by atoms with Crippen LogP contribution in [0.1, 0.15) is 11.1 Å². The summed E-state index contributed by atoms with van der Waals surface area (Å²) < 4.78 is 36.6. The zero-order chi connectivity index (χ0) is 9.19. The molecule has 1 aromatic rings. The topological polar surface area (TPSA) is 0 Å². The summed E-state index contributed by atoms with van der Waals surface area (Å²) in [7, 11) is 0. The van der Waals surface area contributed by atoms with E-state index in [1.807, 2.05) is 0 Å². The van der Waals surface area contributed by atoms with Crippen LogP contribution in [0.4, 0.5) is 13.2 Å². The molecule has 0 N–H and O–H groups in total. The van der Waals surface area contributed by atoms with Crippen molar-refractivity contribution in [2.24, 2.45) is 0 Å². The Bertz CT molecular complexity index is 273. The van der Waals surface area contributed by atoms with Gasteiger partial charge in [0.2, 0.25) is 0 Å². The van der Waals surface area contributed by atoms with Crippen LogP contribution < -0.4 is 17.0 Å². The van der Waals surface area contributed by atoms with E-state index in [-0.39, 0.29) is 52.0 Å². The Balaban J connectivity index is 0. The largest absolute Gasteiger partial charge is 2.00 e. The molecule has 0 nitrogen and oxygen atoms in total. The Labute approximate surface area is 108 Å². The van der Waals surface area contributed by atoms with E-state index in [1.54, 1.807) is 6.07 Å². The first-order valence-corrected chi connectivity index (χ1v) is 3.50. The van der Waals surface area contributed by atoms with Crippen molar-refractivity contribution in [3.8, 4) is 0 Å². The second-order valence-corrected chi connectivity index (χ2v) is 2.40. The Morgan fingerprint density at radius 1 is 1.14 bits per heavy atom. The molecule has 74 valence electrons. The number of alkyl halides is 3. The van der Waals surface area contributed by atoms with Crippen LogP contribution in [0.2, 0.25) is 0 Å². The summed E-state index contributed by atoms with van der Waals surface area (Å²) in [5, 5.41) is 0. The maximum absolute atomic E-state index is 12.2. The molecule has 14 heavy (non-hydrogen) atoms. The van der Waals surface area contributed by atoms with Crippen molar-refractivity contribution in [2.75, 3.05) is 0 Å². The molecule has 0 radical (unpaired) electrons. The average Bonchev–Trinajstić information content (AvgIpc) is 2.03. The van der Waals surface area contributed by atoms with Crippen molar-refractivity contribution >= 4 is 23.1 Å². The van der Waals surface area contributed by atoms with E-state index in [0.717, 1.165) is 6.07 Å². The Kier molecular flexibility index (Phi) is 7.97. The Hall–Kier alpha value is 0.256. The molecule has 0 heterocycles. The summed E-state index contributed by atoms with van der Waals surface area (Å²) in [5.74, 6) is 0. The molecule has 0 saturated carbocycles. The first-order valence-electron chi connectivity index (χ1n) is 3.50. The molecule has 0 saturated heterocycles. The van der Waals surface area contributed by atoms with Gasteiger partial charge in [-0.15, -0.1) is 0 Å². The van der Waals surface area contributed by atoms with Crippen molar-refractivity contribution < 1.29 is 30.2 Å². The molecule has 0 fully saturated rings. The second kappa shape index (κ2) is 6.69. The predicted molar refractivity (Wildman–Crippen MR) is 46.3 cm³/mol. The molecular weight excluding hydrogens is 269 g/mol. The minimum absolute atomic E-state index is 0. The van der Waals surface area contributed by atoms with Gasteiger partial charge in [0, 0.05) is 0 Å². The molecule has 0 aliphatic carbocycles. The van der Waals surface area contributed by atoms with Gasteiger partial charge in [0.1, 0.15) is 0 Å². The van der Waals surface area contributed by atoms with Gasteiger partial charge >= 0.3 is 29.2 Å². The fraction of sp³-hybridized carbons (Fsp3) is 0.222. The summed E-state index contributed by atoms with van der Waals surface area (Å²) in [6.07, 6.45) is -4.09. The molecule has 0 aliphatic heterocycles. The molecule has 0 atom stereocenters. The van der Waals surface area contributed by atoms with Gasteiger partial charge in [0.15, 0.2) is 0 Å². The molecule has 1 rings (SSSR count). The summed E-state index contributed by atoms with van der Waals surface area (Å²) in [5.41, 5.74) is -0.343. The monoisotopic (exact) mass is 276 g/mol. The van der Waals surface area contributed by atoms with Gasteiger partial charge in [-0.2, -0.15) is 19.6 Å². The van der Waals surface area contributed by atoms with E-state index in [2.05, 4.69) is 6.92 Å². The minimum Gasteiger partial charge on any atom is -1.00 e. The maximum Gasteiger partial charge on any atom is 2.00 e. The molecular formula is C9H8BrF3Mg. The van der Waals surface area contributed by atoms with E-state index in [1.165, 1.54) is 12.1 Å². The normalized spacial score (nSPS) is 10.0. The first kappa shape index (κ1) is 16.7. The van der Waals surface area contributed by atoms with Crippen LogP contribution in [-0.4, -0.2) is 23.1 Å². The van der Waals surface area contributed by atoms with Crippen LogP contribution in [0.15, 0.2) is 24.3 Å². The summed E-state index contributed by atoms with van der Waals surface area (Å²) in [4.78, 5) is 0. The zero-order valence-corrected chi connectivity index (χ0v) is 10.4. The average molecular weight is 277 g/mol. The third-order valence-electron chi connectivity index (χ3n) is 1.59. The molecule has 0 spiro atoms. The van der Waals surface area contributed by atoms with Gasteiger partial charge in [-0.3, -0.25) is 0 Å². The van der Waals surface area contributed by atoms with Gasteiger partial charge in [0.05, 0.1) is 5.56 Å². The second-order valence-electron chi connectivity index (χ2n) is 2.40. The SMILES string of the molecule is [Br-].[CH2-]Cc1ccccc1C(F)(F)F.[Mg+2]. The van der Waals surface area contributed by atoms with Gasteiger partial charge in [0.25, 0.3) is 0 Å². The number of halogens is 4. The van der Waals surface area contributed by atoms with Gasteiger partial charge in [-0.05, 0) is 6.07 Å². The van der Waals surface area contributed by atoms with Crippen LogP contribution in [0, 0.1) is 6.92 Å². The summed E-state index contributed by atoms with van der Waals surface area (Å²) >= 11 is 0. The molecule has 1 aromatic carbocycles. The van der Waals surface area contributed by atoms with E-state index in [9.17, 15) is 13.2 Å². The van der Waals surface area contributed by atoms with Gasteiger partial charge < -0.3 is 23.9 Å². The minimum atomic E-state index is -4.26. The Morgan fingerprint density at radius 2 is 1.64 bits per heavy atom. The summed E-state index contributed by atoms with van der Waals surface area (Å²) in [6.45, 7) is 3.43. The molecule has 0 aliphatic rings. The molecule has 0 unspecified atom stereocenters. The van der Waals surface area contributed by atoms with Crippen LogP contribution in [0.5, 0.6) is 0 Å². The molecule has 0 aromatic heterocycles. The maximum atomic E-state index is 12.2. The van der Waals surface area contributed by atoms with Crippen molar-refractivity contribution in [3.63, 3.8) is 0 Å². The molecule has 5 heteroatoms.